The van der Waals surface area contributed by atoms with Crippen molar-refractivity contribution in [1.29, 1.82) is 0 Å². The van der Waals surface area contributed by atoms with Crippen LogP contribution in [0.5, 0.6) is 0 Å². The summed E-state index contributed by atoms with van der Waals surface area (Å²) < 4.78 is 0. The molecule has 0 spiro atoms. The summed E-state index contributed by atoms with van der Waals surface area (Å²) >= 11 is 0. The number of rotatable bonds is 4. The van der Waals surface area contributed by atoms with Crippen molar-refractivity contribution in [3.05, 3.63) is 82.0 Å². The van der Waals surface area contributed by atoms with Gasteiger partial charge in [0, 0.05) is 31.1 Å². The smallest absolute Gasteiger partial charge is 0.275 e. The van der Waals surface area contributed by atoms with Crippen molar-refractivity contribution >= 4 is 33.3 Å². The van der Waals surface area contributed by atoms with Crippen molar-refractivity contribution in [2.75, 3.05) is 7.05 Å². The van der Waals surface area contributed by atoms with E-state index in [4.69, 9.17) is 0 Å². The molecule has 4 aromatic rings. The van der Waals surface area contributed by atoms with Gasteiger partial charge in [-0.15, -0.1) is 0 Å². The second-order valence-electron chi connectivity index (χ2n) is 6.36. The van der Waals surface area contributed by atoms with Crippen LogP contribution in [0.1, 0.15) is 16.1 Å². The first-order valence-electron chi connectivity index (χ1n) is 8.39. The molecule has 0 atom stereocenters. The summed E-state index contributed by atoms with van der Waals surface area (Å²) in [5.41, 5.74) is 1.71. The molecule has 3 aromatic carbocycles. The summed E-state index contributed by atoms with van der Waals surface area (Å²) in [4.78, 5) is 25.0. The minimum absolute atomic E-state index is 0.0744. The van der Waals surface area contributed by atoms with E-state index < -0.39 is 4.92 Å². The van der Waals surface area contributed by atoms with Gasteiger partial charge in [0.15, 0.2) is 5.69 Å². The van der Waals surface area contributed by atoms with Crippen LogP contribution < -0.4 is 0 Å². The topological polar surface area (TPSA) is 92.1 Å². The molecule has 0 unspecified atom stereocenters. The number of H-pyrrole nitrogens is 1. The molecule has 27 heavy (non-hydrogen) atoms. The van der Waals surface area contributed by atoms with E-state index in [1.54, 1.807) is 18.0 Å². The molecule has 1 aromatic heterocycles. The molecule has 134 valence electrons. The molecule has 0 saturated heterocycles. The van der Waals surface area contributed by atoms with Gasteiger partial charge in [-0.3, -0.25) is 20.0 Å². The molecule has 0 radical (unpaired) electrons. The number of carbonyl (C=O) groups excluding carboxylic acids is 1. The van der Waals surface area contributed by atoms with Crippen LogP contribution in [0.15, 0.2) is 60.7 Å². The van der Waals surface area contributed by atoms with Crippen LogP contribution in [0, 0.1) is 10.1 Å². The number of aromatic nitrogens is 2. The Morgan fingerprint density at radius 3 is 2.70 bits per heavy atom. The Morgan fingerprint density at radius 2 is 1.89 bits per heavy atom. The first-order valence-corrected chi connectivity index (χ1v) is 8.39. The lowest BCUT2D eigenvalue weighted by atomic mass is 10.0. The number of nitro groups is 1. The summed E-state index contributed by atoms with van der Waals surface area (Å²) in [6.07, 6.45) is 0. The Balaban J connectivity index is 1.67. The molecule has 7 nitrogen and oxygen atoms in total. The highest BCUT2D eigenvalue weighted by molar-refractivity contribution is 6.05. The lowest BCUT2D eigenvalue weighted by molar-refractivity contribution is -0.384. The third-order valence-electron chi connectivity index (χ3n) is 4.59. The second kappa shape index (κ2) is 6.53. The Kier molecular flexibility index (Phi) is 4.04. The zero-order valence-electron chi connectivity index (χ0n) is 14.5. The highest BCUT2D eigenvalue weighted by Gasteiger charge is 2.21. The SMILES string of the molecule is CN(Cc1cccc2ccccc12)C(=O)c1n[nH]c2ccc([N+](=O)[O-])cc12. The van der Waals surface area contributed by atoms with E-state index in [2.05, 4.69) is 10.2 Å². The predicted molar refractivity (Wildman–Crippen MR) is 102 cm³/mol. The molecule has 4 rings (SSSR count). The molecular formula is C20H16N4O3. The highest BCUT2D eigenvalue weighted by Crippen LogP contribution is 2.24. The third kappa shape index (κ3) is 2.99. The fraction of sp³-hybridized carbons (Fsp3) is 0.100. The normalized spacial score (nSPS) is 11.0. The van der Waals surface area contributed by atoms with Crippen LogP contribution >= 0.6 is 0 Å². The molecule has 0 saturated carbocycles. The Labute approximate surface area is 154 Å². The highest BCUT2D eigenvalue weighted by atomic mass is 16.6. The maximum atomic E-state index is 12.9. The number of non-ortho nitro benzene ring substituents is 1. The Hall–Kier alpha value is -3.74. The van der Waals surface area contributed by atoms with Crippen molar-refractivity contribution in [1.82, 2.24) is 15.1 Å². The molecule has 0 aliphatic carbocycles. The Bertz CT molecular complexity index is 1180. The summed E-state index contributed by atoms with van der Waals surface area (Å²) in [6.45, 7) is 0.406. The van der Waals surface area contributed by atoms with Crippen molar-refractivity contribution in [2.45, 2.75) is 6.54 Å². The van der Waals surface area contributed by atoms with E-state index in [1.165, 1.54) is 12.1 Å². The molecule has 1 amide bonds. The molecule has 0 aliphatic rings. The van der Waals surface area contributed by atoms with Crippen LogP contribution in [0.25, 0.3) is 21.7 Å². The van der Waals surface area contributed by atoms with Gasteiger partial charge in [-0.1, -0.05) is 42.5 Å². The molecule has 7 heteroatoms. The molecule has 0 bridgehead atoms. The number of carbonyl (C=O) groups is 1. The lowest BCUT2D eigenvalue weighted by Crippen LogP contribution is -2.26. The number of amides is 1. The van der Waals surface area contributed by atoms with E-state index in [9.17, 15) is 14.9 Å². The number of hydrogen-bond donors (Lipinski definition) is 1. The number of nitro benzene ring substituents is 1. The van der Waals surface area contributed by atoms with Crippen LogP contribution in [-0.4, -0.2) is 33.0 Å². The van der Waals surface area contributed by atoms with Crippen LogP contribution in [0.2, 0.25) is 0 Å². The number of nitrogens with one attached hydrogen (secondary N) is 1. The summed E-state index contributed by atoms with van der Waals surface area (Å²) in [5.74, 6) is -0.297. The third-order valence-corrected chi connectivity index (χ3v) is 4.59. The van der Waals surface area contributed by atoms with Crippen molar-refractivity contribution in [3.8, 4) is 0 Å². The number of hydrogen-bond acceptors (Lipinski definition) is 4. The minimum atomic E-state index is -0.486. The zero-order valence-corrected chi connectivity index (χ0v) is 14.5. The average Bonchev–Trinajstić information content (AvgIpc) is 3.10. The van der Waals surface area contributed by atoms with Gasteiger partial charge in [0.2, 0.25) is 0 Å². The second-order valence-corrected chi connectivity index (χ2v) is 6.36. The number of benzene rings is 3. The lowest BCUT2D eigenvalue weighted by Gasteiger charge is -2.17. The fourth-order valence-corrected chi connectivity index (χ4v) is 3.22. The first-order chi connectivity index (χ1) is 13.0. The quantitative estimate of drug-likeness (QED) is 0.441. The maximum Gasteiger partial charge on any atom is 0.275 e. The average molecular weight is 360 g/mol. The van der Waals surface area contributed by atoms with E-state index in [0.29, 0.717) is 17.4 Å². The van der Waals surface area contributed by atoms with Gasteiger partial charge in [-0.25, -0.2) is 0 Å². The van der Waals surface area contributed by atoms with E-state index in [1.807, 2.05) is 42.5 Å². The predicted octanol–water partition coefficient (Wildman–Crippen LogP) is 3.90. The summed E-state index contributed by atoms with van der Waals surface area (Å²) in [6, 6.07) is 18.3. The minimum Gasteiger partial charge on any atom is -0.336 e. The van der Waals surface area contributed by atoms with Crippen LogP contribution in [0.4, 0.5) is 5.69 Å². The van der Waals surface area contributed by atoms with E-state index >= 15 is 0 Å². The van der Waals surface area contributed by atoms with Gasteiger partial charge in [0.05, 0.1) is 10.4 Å². The largest absolute Gasteiger partial charge is 0.336 e. The summed E-state index contributed by atoms with van der Waals surface area (Å²) in [5, 5.41) is 20.5. The van der Waals surface area contributed by atoms with Crippen LogP contribution in [0.3, 0.4) is 0 Å². The van der Waals surface area contributed by atoms with Crippen molar-refractivity contribution in [2.24, 2.45) is 0 Å². The maximum absolute atomic E-state index is 12.9. The molecule has 0 fully saturated rings. The zero-order chi connectivity index (χ0) is 19.0. The van der Waals surface area contributed by atoms with Gasteiger partial charge in [0.1, 0.15) is 0 Å². The van der Waals surface area contributed by atoms with E-state index in [-0.39, 0.29) is 17.3 Å². The number of nitrogens with zero attached hydrogens (tertiary/aromatic N) is 3. The number of fused-ring (bicyclic) bond motifs is 2. The molecule has 1 heterocycles. The van der Waals surface area contributed by atoms with Crippen molar-refractivity contribution in [3.63, 3.8) is 0 Å². The monoisotopic (exact) mass is 360 g/mol. The first kappa shape index (κ1) is 16.7. The van der Waals surface area contributed by atoms with Gasteiger partial charge in [0.25, 0.3) is 11.6 Å². The Morgan fingerprint density at radius 1 is 1.11 bits per heavy atom. The van der Waals surface area contributed by atoms with Crippen molar-refractivity contribution < 1.29 is 9.72 Å². The molecular weight excluding hydrogens is 344 g/mol. The molecule has 1 N–H and O–H groups in total. The molecule has 0 aliphatic heterocycles. The standard InChI is InChI=1S/C20H16N4O3/c1-23(12-14-7-4-6-13-5-2-3-8-16(13)14)20(25)19-17-11-15(24(26)27)9-10-18(17)21-22-19/h2-11H,12H2,1H3,(H,21,22). The summed E-state index contributed by atoms with van der Waals surface area (Å²) in [7, 11) is 1.70. The number of aromatic amines is 1. The fourth-order valence-electron chi connectivity index (χ4n) is 3.22. The van der Waals surface area contributed by atoms with E-state index in [0.717, 1.165) is 16.3 Å². The van der Waals surface area contributed by atoms with Gasteiger partial charge >= 0.3 is 0 Å². The van der Waals surface area contributed by atoms with Crippen LogP contribution in [-0.2, 0) is 6.54 Å². The van der Waals surface area contributed by atoms with Gasteiger partial charge in [-0.2, -0.15) is 5.10 Å². The van der Waals surface area contributed by atoms with Gasteiger partial charge in [-0.05, 0) is 22.4 Å². The van der Waals surface area contributed by atoms with Gasteiger partial charge < -0.3 is 4.90 Å².